The van der Waals surface area contributed by atoms with Gasteiger partial charge in [0.25, 0.3) is 5.91 Å². The van der Waals surface area contributed by atoms with Gasteiger partial charge >= 0.3 is 23.9 Å². The van der Waals surface area contributed by atoms with Gasteiger partial charge in [0.05, 0.1) is 0 Å². The molecule has 0 aromatic heterocycles. The molecule has 2 fully saturated rings. The zero-order chi connectivity index (χ0) is 21.9. The number of imide groups is 1. The monoisotopic (exact) mass is 413 g/mol. The van der Waals surface area contributed by atoms with Gasteiger partial charge in [0, 0.05) is 20.8 Å². The predicted octanol–water partition coefficient (Wildman–Crippen LogP) is -2.02. The summed E-state index contributed by atoms with van der Waals surface area (Å²) in [5, 5.41) is 9.19. The minimum absolute atomic E-state index is 0.399. The Labute approximate surface area is 163 Å². The molecule has 0 bridgehead atoms. The average molecular weight is 413 g/mol. The van der Waals surface area contributed by atoms with Crippen molar-refractivity contribution in [3.63, 3.8) is 0 Å². The zero-order valence-corrected chi connectivity index (χ0v) is 15.7. The lowest BCUT2D eigenvalue weighted by Crippen LogP contribution is -2.50. The Kier molecular flexibility index (Phi) is 6.48. The van der Waals surface area contributed by atoms with Crippen molar-refractivity contribution in [1.29, 1.82) is 5.41 Å². The number of aliphatic imine (C=N–C) groups is 1. The number of ether oxygens (including phenoxy) is 4. The predicted molar refractivity (Wildman–Crippen MR) is 91.1 cm³/mol. The summed E-state index contributed by atoms with van der Waals surface area (Å²) in [4.78, 5) is 62.7. The molecule has 0 unspecified atom stereocenters. The minimum Gasteiger partial charge on any atom is -0.463 e. The Morgan fingerprint density at radius 1 is 1.14 bits per heavy atom. The maximum absolute atomic E-state index is 12.3. The SMILES string of the molecule is CC(=O)OC[C@H]1O[C@@H](N2C(=O)NC(=O)/C2=N\C(=N)N)[C@H](OC(C)=O)[C@@H]1OC(C)=O. The largest absolute Gasteiger partial charge is 0.463 e. The van der Waals surface area contributed by atoms with E-state index in [-0.39, 0.29) is 0 Å². The number of esters is 3. The number of nitrogens with two attached hydrogens (primary N) is 1. The smallest absolute Gasteiger partial charge is 0.332 e. The summed E-state index contributed by atoms with van der Waals surface area (Å²) in [5.41, 5.74) is 5.18. The van der Waals surface area contributed by atoms with E-state index in [0.29, 0.717) is 4.90 Å². The molecular weight excluding hydrogens is 394 g/mol. The van der Waals surface area contributed by atoms with E-state index in [1.165, 1.54) is 0 Å². The Morgan fingerprint density at radius 2 is 1.72 bits per heavy atom. The molecule has 29 heavy (non-hydrogen) atoms. The number of guanidine groups is 1. The lowest BCUT2D eigenvalue weighted by atomic mass is 10.1. The Morgan fingerprint density at radius 3 is 2.24 bits per heavy atom. The molecule has 14 nitrogen and oxygen atoms in total. The highest BCUT2D eigenvalue weighted by Crippen LogP contribution is 2.31. The first kappa shape index (κ1) is 21.7. The lowest BCUT2D eigenvalue weighted by Gasteiger charge is -2.27. The number of hydrogen-bond donors (Lipinski definition) is 3. The lowest BCUT2D eigenvalue weighted by molar-refractivity contribution is -0.166. The minimum atomic E-state index is -1.49. The highest BCUT2D eigenvalue weighted by Gasteiger charge is 2.56. The molecule has 0 radical (unpaired) electrons. The molecule has 2 saturated heterocycles. The van der Waals surface area contributed by atoms with Gasteiger partial charge in [0.15, 0.2) is 18.4 Å². The average Bonchev–Trinajstić information content (AvgIpc) is 3.02. The zero-order valence-electron chi connectivity index (χ0n) is 15.7. The molecule has 2 aliphatic heterocycles. The van der Waals surface area contributed by atoms with Crippen molar-refractivity contribution in [1.82, 2.24) is 10.2 Å². The molecule has 0 aromatic rings. The van der Waals surface area contributed by atoms with Crippen molar-refractivity contribution in [3.05, 3.63) is 0 Å². The number of urea groups is 1. The molecular formula is C15H19N5O9. The van der Waals surface area contributed by atoms with E-state index in [1.807, 2.05) is 5.32 Å². The number of nitrogens with zero attached hydrogens (tertiary/aromatic N) is 2. The third-order valence-electron chi connectivity index (χ3n) is 3.69. The van der Waals surface area contributed by atoms with E-state index in [1.54, 1.807) is 0 Å². The van der Waals surface area contributed by atoms with Gasteiger partial charge in [0.2, 0.25) is 11.8 Å². The van der Waals surface area contributed by atoms with Crippen LogP contribution in [0.2, 0.25) is 0 Å². The first-order valence-corrected chi connectivity index (χ1v) is 8.21. The van der Waals surface area contributed by atoms with Crippen molar-refractivity contribution in [2.75, 3.05) is 6.61 Å². The molecule has 4 N–H and O–H groups in total. The van der Waals surface area contributed by atoms with Gasteiger partial charge in [-0.2, -0.15) is 4.99 Å². The van der Waals surface area contributed by atoms with E-state index in [9.17, 15) is 24.0 Å². The van der Waals surface area contributed by atoms with Gasteiger partial charge in [-0.1, -0.05) is 0 Å². The summed E-state index contributed by atoms with van der Waals surface area (Å²) in [6.45, 7) is 2.90. The van der Waals surface area contributed by atoms with Gasteiger partial charge < -0.3 is 24.7 Å². The van der Waals surface area contributed by atoms with Crippen LogP contribution < -0.4 is 11.1 Å². The van der Waals surface area contributed by atoms with Gasteiger partial charge in [-0.25, -0.2) is 9.69 Å². The Hall–Kier alpha value is -3.55. The molecule has 0 aromatic carbocycles. The maximum atomic E-state index is 12.3. The third kappa shape index (κ3) is 5.04. The molecule has 3 amide bonds. The van der Waals surface area contributed by atoms with Crippen LogP contribution in [0.5, 0.6) is 0 Å². The fourth-order valence-electron chi connectivity index (χ4n) is 2.77. The Bertz CT molecular complexity index is 795. The molecule has 2 heterocycles. The molecule has 0 spiro atoms. The number of nitrogens with one attached hydrogen (secondary N) is 2. The molecule has 14 heteroatoms. The van der Waals surface area contributed by atoms with Crippen molar-refractivity contribution in [2.45, 2.75) is 45.3 Å². The Balaban J connectivity index is 2.45. The van der Waals surface area contributed by atoms with Crippen molar-refractivity contribution in [2.24, 2.45) is 10.7 Å². The van der Waals surface area contributed by atoms with E-state index >= 15 is 0 Å². The van der Waals surface area contributed by atoms with Crippen LogP contribution in [0, 0.1) is 5.41 Å². The number of rotatable bonds is 5. The number of amides is 3. The van der Waals surface area contributed by atoms with Crippen LogP contribution in [0.25, 0.3) is 0 Å². The van der Waals surface area contributed by atoms with Gasteiger partial charge in [-0.15, -0.1) is 0 Å². The first-order chi connectivity index (χ1) is 13.5. The second-order valence-electron chi connectivity index (χ2n) is 5.97. The molecule has 158 valence electrons. The third-order valence-corrected chi connectivity index (χ3v) is 3.69. The summed E-state index contributed by atoms with van der Waals surface area (Å²) in [6, 6.07) is -0.994. The van der Waals surface area contributed by atoms with Gasteiger partial charge in [0.1, 0.15) is 12.7 Å². The number of carbonyl (C=O) groups is 5. The van der Waals surface area contributed by atoms with Crippen LogP contribution in [-0.2, 0) is 38.1 Å². The first-order valence-electron chi connectivity index (χ1n) is 8.21. The maximum Gasteiger partial charge on any atom is 0.332 e. The van der Waals surface area contributed by atoms with Crippen LogP contribution in [0.4, 0.5) is 4.79 Å². The summed E-state index contributed by atoms with van der Waals surface area (Å²) in [7, 11) is 0. The molecule has 2 aliphatic rings. The van der Waals surface area contributed by atoms with Crippen molar-refractivity contribution >= 4 is 41.6 Å². The van der Waals surface area contributed by atoms with Gasteiger partial charge in [-0.05, 0) is 0 Å². The van der Waals surface area contributed by atoms with Crippen molar-refractivity contribution < 1.29 is 42.9 Å². The number of hydrogen-bond acceptors (Lipinski definition) is 10. The van der Waals surface area contributed by atoms with Crippen LogP contribution in [0.1, 0.15) is 20.8 Å². The standard InChI is InChI=1S/C15H19N5O9/c1-5(21)26-4-8-9(27-6(2)22)10(28-7(3)23)13(29-8)20-11(18-14(16)17)12(24)19-15(20)25/h8-10,13H,4H2,1-3H3,(H3,16,17)(H,19,24,25)/b18-11+/t8-,9-,10-,13-/m1/s1. The van der Waals surface area contributed by atoms with Crippen LogP contribution >= 0.6 is 0 Å². The van der Waals surface area contributed by atoms with Crippen LogP contribution in [0.3, 0.4) is 0 Å². The molecule has 2 rings (SSSR count). The van der Waals surface area contributed by atoms with Crippen LogP contribution in [-0.4, -0.2) is 77.7 Å². The number of carbonyl (C=O) groups excluding carboxylic acids is 5. The van der Waals surface area contributed by atoms with Gasteiger partial charge in [-0.3, -0.25) is 29.9 Å². The normalized spacial score (nSPS) is 27.6. The molecule has 4 atom stereocenters. The summed E-state index contributed by atoms with van der Waals surface area (Å²) < 4.78 is 20.8. The van der Waals surface area contributed by atoms with E-state index in [4.69, 9.17) is 30.1 Å². The topological polar surface area (TPSA) is 200 Å². The van der Waals surface area contributed by atoms with E-state index < -0.39 is 72.8 Å². The molecule has 0 saturated carbocycles. The van der Waals surface area contributed by atoms with E-state index in [2.05, 4.69) is 4.99 Å². The van der Waals surface area contributed by atoms with Crippen LogP contribution in [0.15, 0.2) is 4.99 Å². The number of amidine groups is 1. The molecule has 0 aliphatic carbocycles. The fraction of sp³-hybridized carbons (Fsp3) is 0.533. The highest BCUT2D eigenvalue weighted by molar-refractivity contribution is 6.48. The second-order valence-corrected chi connectivity index (χ2v) is 5.97. The fourth-order valence-corrected chi connectivity index (χ4v) is 2.77. The second kappa shape index (κ2) is 8.64. The quantitative estimate of drug-likeness (QED) is 0.148. The summed E-state index contributed by atoms with van der Waals surface area (Å²) in [6.07, 6.45) is -5.30. The van der Waals surface area contributed by atoms with E-state index in [0.717, 1.165) is 20.8 Å². The van der Waals surface area contributed by atoms with Crippen molar-refractivity contribution in [3.8, 4) is 0 Å². The summed E-state index contributed by atoms with van der Waals surface area (Å²) >= 11 is 0. The highest BCUT2D eigenvalue weighted by atomic mass is 16.7. The summed E-state index contributed by atoms with van der Waals surface area (Å²) in [5.74, 6) is -4.55.